The largest absolute Gasteiger partial charge is 0.342 e. The van der Waals surface area contributed by atoms with Gasteiger partial charge in [0.05, 0.1) is 16.7 Å². The van der Waals surface area contributed by atoms with Gasteiger partial charge in [-0.3, -0.25) is 4.98 Å². The van der Waals surface area contributed by atoms with Gasteiger partial charge in [0, 0.05) is 18.2 Å². The van der Waals surface area contributed by atoms with Crippen molar-refractivity contribution in [1.29, 1.82) is 0 Å². The lowest BCUT2D eigenvalue weighted by molar-refractivity contribution is 1.00. The van der Waals surface area contributed by atoms with Crippen LogP contribution in [0.5, 0.6) is 0 Å². The van der Waals surface area contributed by atoms with Crippen molar-refractivity contribution in [3.05, 3.63) is 48.4 Å². The summed E-state index contributed by atoms with van der Waals surface area (Å²) >= 11 is 0. The fourth-order valence-corrected chi connectivity index (χ4v) is 1.98. The number of aryl methyl sites for hydroxylation is 1. The first-order valence-electron chi connectivity index (χ1n) is 5.77. The summed E-state index contributed by atoms with van der Waals surface area (Å²) in [4.78, 5) is 12.3. The summed E-state index contributed by atoms with van der Waals surface area (Å²) in [6.07, 6.45) is 2.72. The van der Waals surface area contributed by atoms with Gasteiger partial charge in [-0.25, -0.2) is 4.98 Å². The molecule has 0 aliphatic carbocycles. The minimum atomic E-state index is 0.913. The van der Waals surface area contributed by atoms with Crippen LogP contribution in [0.1, 0.15) is 12.7 Å². The van der Waals surface area contributed by atoms with Gasteiger partial charge < -0.3 is 4.98 Å². The minimum absolute atomic E-state index is 0.913. The Balaban J connectivity index is 2.26. The van der Waals surface area contributed by atoms with Crippen LogP contribution in [0.15, 0.2) is 42.6 Å². The van der Waals surface area contributed by atoms with Crippen LogP contribution in [0.25, 0.3) is 22.3 Å². The molecule has 3 rings (SSSR count). The van der Waals surface area contributed by atoms with E-state index in [1.807, 2.05) is 36.5 Å². The van der Waals surface area contributed by atoms with Gasteiger partial charge in [-0.05, 0) is 18.2 Å². The summed E-state index contributed by atoms with van der Waals surface area (Å²) in [5.41, 5.74) is 4.12. The van der Waals surface area contributed by atoms with Gasteiger partial charge in [0.15, 0.2) is 0 Å². The molecule has 0 saturated carbocycles. The van der Waals surface area contributed by atoms with Gasteiger partial charge in [-0.1, -0.05) is 25.1 Å². The first-order valence-corrected chi connectivity index (χ1v) is 5.77. The van der Waals surface area contributed by atoms with Crippen molar-refractivity contribution in [2.75, 3.05) is 0 Å². The molecule has 0 saturated heterocycles. The molecule has 0 radical (unpaired) electrons. The predicted octanol–water partition coefficient (Wildman–Crippen LogP) is 3.19. The normalized spacial score (nSPS) is 10.9. The molecule has 0 atom stereocenters. The second-order valence-corrected chi connectivity index (χ2v) is 3.95. The highest BCUT2D eigenvalue weighted by molar-refractivity contribution is 5.90. The molecule has 3 aromatic rings. The number of nitrogens with zero attached hydrogens (tertiary/aromatic N) is 2. The van der Waals surface area contributed by atoms with Crippen LogP contribution in [-0.2, 0) is 6.42 Å². The zero-order valence-corrected chi connectivity index (χ0v) is 9.64. The number of aromatic amines is 1. The van der Waals surface area contributed by atoms with E-state index in [2.05, 4.69) is 27.9 Å². The number of rotatable bonds is 2. The smallest absolute Gasteiger partial charge is 0.106 e. The number of para-hydroxylation sites is 1. The zero-order chi connectivity index (χ0) is 11.7. The Kier molecular flexibility index (Phi) is 2.37. The van der Waals surface area contributed by atoms with Gasteiger partial charge in [-0.2, -0.15) is 0 Å². The number of benzene rings is 1. The molecule has 2 aromatic heterocycles. The number of nitrogens with one attached hydrogen (secondary N) is 1. The first-order chi connectivity index (χ1) is 8.38. The van der Waals surface area contributed by atoms with E-state index in [0.717, 1.165) is 34.5 Å². The molecular formula is C14H13N3. The molecule has 0 amide bonds. The van der Waals surface area contributed by atoms with Crippen LogP contribution in [0.2, 0.25) is 0 Å². The highest BCUT2D eigenvalue weighted by Gasteiger charge is 2.08. The summed E-state index contributed by atoms with van der Waals surface area (Å²) in [5.74, 6) is 1.02. The van der Waals surface area contributed by atoms with Crippen molar-refractivity contribution in [1.82, 2.24) is 15.0 Å². The highest BCUT2D eigenvalue weighted by Crippen LogP contribution is 2.25. The van der Waals surface area contributed by atoms with Crippen LogP contribution in [0.3, 0.4) is 0 Å². The van der Waals surface area contributed by atoms with E-state index in [9.17, 15) is 0 Å². The highest BCUT2D eigenvalue weighted by atomic mass is 14.9. The third-order valence-corrected chi connectivity index (χ3v) is 2.84. The van der Waals surface area contributed by atoms with Crippen LogP contribution in [0.4, 0.5) is 0 Å². The number of fused-ring (bicyclic) bond motifs is 1. The maximum Gasteiger partial charge on any atom is 0.106 e. The minimum Gasteiger partial charge on any atom is -0.342 e. The number of aromatic nitrogens is 3. The van der Waals surface area contributed by atoms with Crippen molar-refractivity contribution < 1.29 is 0 Å². The van der Waals surface area contributed by atoms with E-state index in [4.69, 9.17) is 0 Å². The Morgan fingerprint density at radius 1 is 1.12 bits per heavy atom. The summed E-state index contributed by atoms with van der Waals surface area (Å²) in [6.45, 7) is 2.10. The molecule has 0 aliphatic heterocycles. The third-order valence-electron chi connectivity index (χ3n) is 2.84. The summed E-state index contributed by atoms with van der Waals surface area (Å²) < 4.78 is 0. The van der Waals surface area contributed by atoms with Crippen molar-refractivity contribution >= 4 is 11.0 Å². The van der Waals surface area contributed by atoms with E-state index in [-0.39, 0.29) is 0 Å². The second kappa shape index (κ2) is 4.01. The molecule has 2 heterocycles. The molecule has 1 N–H and O–H groups in total. The topological polar surface area (TPSA) is 41.6 Å². The Labute approximate surface area is 99.5 Å². The van der Waals surface area contributed by atoms with Gasteiger partial charge in [0.1, 0.15) is 5.82 Å². The summed E-state index contributed by atoms with van der Waals surface area (Å²) in [5, 5.41) is 0. The van der Waals surface area contributed by atoms with Crippen molar-refractivity contribution in [3.8, 4) is 11.3 Å². The molecular weight excluding hydrogens is 210 g/mol. The number of hydrogen-bond acceptors (Lipinski definition) is 2. The number of H-pyrrole nitrogens is 1. The molecule has 3 heteroatoms. The number of imidazole rings is 1. The van der Waals surface area contributed by atoms with Crippen LogP contribution < -0.4 is 0 Å². The van der Waals surface area contributed by atoms with Gasteiger partial charge >= 0.3 is 0 Å². The molecule has 0 spiro atoms. The molecule has 84 valence electrons. The van der Waals surface area contributed by atoms with E-state index >= 15 is 0 Å². The summed E-state index contributed by atoms with van der Waals surface area (Å²) in [6, 6.07) is 12.1. The quantitative estimate of drug-likeness (QED) is 0.725. The molecule has 3 nitrogen and oxygen atoms in total. The number of hydrogen-bond donors (Lipinski definition) is 1. The third kappa shape index (κ3) is 1.69. The molecule has 0 unspecified atom stereocenters. The average Bonchev–Trinajstić information content (AvgIpc) is 2.82. The van der Waals surface area contributed by atoms with Gasteiger partial charge in [0.2, 0.25) is 0 Å². The van der Waals surface area contributed by atoms with Crippen LogP contribution >= 0.6 is 0 Å². The maximum atomic E-state index is 4.61. The van der Waals surface area contributed by atoms with Gasteiger partial charge in [0.25, 0.3) is 0 Å². The van der Waals surface area contributed by atoms with E-state index in [1.165, 1.54) is 0 Å². The van der Waals surface area contributed by atoms with Gasteiger partial charge in [-0.15, -0.1) is 0 Å². The lowest BCUT2D eigenvalue weighted by atomic mass is 10.1. The Morgan fingerprint density at radius 2 is 2.06 bits per heavy atom. The van der Waals surface area contributed by atoms with Crippen LogP contribution in [0, 0.1) is 0 Å². The van der Waals surface area contributed by atoms with Crippen molar-refractivity contribution in [2.45, 2.75) is 13.3 Å². The Morgan fingerprint density at radius 3 is 2.82 bits per heavy atom. The Hall–Kier alpha value is -2.16. The van der Waals surface area contributed by atoms with Crippen LogP contribution in [-0.4, -0.2) is 15.0 Å². The lowest BCUT2D eigenvalue weighted by Crippen LogP contribution is -1.84. The maximum absolute atomic E-state index is 4.61. The first kappa shape index (κ1) is 10.0. The predicted molar refractivity (Wildman–Crippen MR) is 68.7 cm³/mol. The van der Waals surface area contributed by atoms with E-state index in [1.54, 1.807) is 0 Å². The SMILES string of the molecule is CCc1nc2c(-c3ccccn3)cccc2[nH]1. The van der Waals surface area contributed by atoms with Crippen molar-refractivity contribution in [3.63, 3.8) is 0 Å². The molecule has 0 fully saturated rings. The fraction of sp³-hybridized carbons (Fsp3) is 0.143. The second-order valence-electron chi connectivity index (χ2n) is 3.95. The molecule has 17 heavy (non-hydrogen) atoms. The standard InChI is InChI=1S/C14H13N3/c1-2-13-16-12-8-5-6-10(14(12)17-13)11-7-3-4-9-15-11/h3-9H,2H2,1H3,(H,16,17). The van der Waals surface area contributed by atoms with E-state index < -0.39 is 0 Å². The summed E-state index contributed by atoms with van der Waals surface area (Å²) in [7, 11) is 0. The molecule has 0 aliphatic rings. The zero-order valence-electron chi connectivity index (χ0n) is 9.64. The average molecular weight is 223 g/mol. The molecule has 0 bridgehead atoms. The van der Waals surface area contributed by atoms with Crippen molar-refractivity contribution in [2.24, 2.45) is 0 Å². The fourth-order valence-electron chi connectivity index (χ4n) is 1.98. The van der Waals surface area contributed by atoms with E-state index in [0.29, 0.717) is 0 Å². The molecule has 1 aromatic carbocycles. The lowest BCUT2D eigenvalue weighted by Gasteiger charge is -2.00. The monoisotopic (exact) mass is 223 g/mol. The number of pyridine rings is 1. The Bertz CT molecular complexity index is 641.